The molecule has 0 radical (unpaired) electrons. The molecule has 1 aliphatic rings. The topological polar surface area (TPSA) is 66.9 Å². The third-order valence-electron chi connectivity index (χ3n) is 4.32. The van der Waals surface area contributed by atoms with Crippen LogP contribution in [0.25, 0.3) is 0 Å². The largest absolute Gasteiger partial charge is 0.374 e. The summed E-state index contributed by atoms with van der Waals surface area (Å²) in [5, 5.41) is 15.2. The lowest BCUT2D eigenvalue weighted by Gasteiger charge is -2.18. The first-order valence-corrected chi connectivity index (χ1v) is 9.20. The molecule has 1 aromatic carbocycles. The van der Waals surface area contributed by atoms with Crippen LogP contribution in [0.15, 0.2) is 18.2 Å². The number of carbonyl (C=O) groups excluding carboxylic acids is 1. The first-order valence-electron chi connectivity index (χ1n) is 8.39. The molecular weight excluding hydrogens is 346 g/mol. The molecule has 25 heavy (non-hydrogen) atoms. The number of benzene rings is 1. The third kappa shape index (κ3) is 4.50. The van der Waals surface area contributed by atoms with Gasteiger partial charge in [0.2, 0.25) is 11.0 Å². The smallest absolute Gasteiger partial charge is 0.248 e. The number of nitrogens with one attached hydrogen (secondary N) is 2. The highest BCUT2D eigenvalue weighted by Crippen LogP contribution is 2.35. The minimum atomic E-state index is -0.959. The van der Waals surface area contributed by atoms with E-state index in [2.05, 4.69) is 20.8 Å². The van der Waals surface area contributed by atoms with Gasteiger partial charge >= 0.3 is 0 Å². The molecule has 0 spiro atoms. The van der Waals surface area contributed by atoms with Crippen LogP contribution in [0.2, 0.25) is 0 Å². The van der Waals surface area contributed by atoms with E-state index in [-0.39, 0.29) is 5.91 Å². The summed E-state index contributed by atoms with van der Waals surface area (Å²) >= 11 is 1.40. The van der Waals surface area contributed by atoms with E-state index in [4.69, 9.17) is 0 Å². The molecule has 2 aromatic rings. The van der Waals surface area contributed by atoms with Crippen LogP contribution in [0.1, 0.15) is 50.0 Å². The van der Waals surface area contributed by atoms with Gasteiger partial charge in [0.1, 0.15) is 11.0 Å². The number of hydrogen-bond donors (Lipinski definition) is 2. The zero-order valence-electron chi connectivity index (χ0n) is 13.9. The molecule has 1 saturated carbocycles. The van der Waals surface area contributed by atoms with Crippen LogP contribution in [-0.4, -0.2) is 22.1 Å². The van der Waals surface area contributed by atoms with E-state index in [0.29, 0.717) is 16.7 Å². The van der Waals surface area contributed by atoms with Crippen molar-refractivity contribution in [3.8, 4) is 0 Å². The molecule has 134 valence electrons. The molecule has 8 heteroatoms. The average molecular weight is 366 g/mol. The van der Waals surface area contributed by atoms with Crippen molar-refractivity contribution in [3.63, 3.8) is 0 Å². The number of hydrogen-bond acceptors (Lipinski definition) is 5. The summed E-state index contributed by atoms with van der Waals surface area (Å²) in [5.74, 6) is -1.75. The minimum Gasteiger partial charge on any atom is -0.374 e. The van der Waals surface area contributed by atoms with Crippen LogP contribution in [0.5, 0.6) is 0 Å². The SMILES string of the molecule is C[C@H](Nc1ccc(F)c(F)c1)C(=O)Nc1nnc(C2CCCCC2)s1. The lowest BCUT2D eigenvalue weighted by molar-refractivity contribution is -0.116. The summed E-state index contributed by atoms with van der Waals surface area (Å²) in [6, 6.07) is 2.79. The maximum atomic E-state index is 13.2. The Kier molecular flexibility index (Phi) is 5.57. The molecule has 0 unspecified atom stereocenters. The summed E-state index contributed by atoms with van der Waals surface area (Å²) in [4.78, 5) is 12.3. The van der Waals surface area contributed by atoms with E-state index in [0.717, 1.165) is 30.0 Å². The molecule has 0 aliphatic heterocycles. The van der Waals surface area contributed by atoms with Crippen LogP contribution < -0.4 is 10.6 Å². The summed E-state index contributed by atoms with van der Waals surface area (Å²) < 4.78 is 26.2. The van der Waals surface area contributed by atoms with Crippen LogP contribution in [0.4, 0.5) is 19.6 Å². The van der Waals surface area contributed by atoms with Crippen LogP contribution in [0, 0.1) is 11.6 Å². The minimum absolute atomic E-state index is 0.309. The van der Waals surface area contributed by atoms with Gasteiger partial charge in [0.05, 0.1) is 0 Å². The Hall–Kier alpha value is -2.09. The lowest BCUT2D eigenvalue weighted by Crippen LogP contribution is -2.31. The molecule has 1 aliphatic carbocycles. The number of amides is 1. The zero-order valence-corrected chi connectivity index (χ0v) is 14.7. The number of halogens is 2. The molecule has 0 bridgehead atoms. The summed E-state index contributed by atoms with van der Waals surface area (Å²) in [6.07, 6.45) is 5.93. The Morgan fingerprint density at radius 1 is 1.20 bits per heavy atom. The number of carbonyl (C=O) groups is 1. The van der Waals surface area contributed by atoms with Crippen molar-refractivity contribution < 1.29 is 13.6 Å². The number of rotatable bonds is 5. The molecular formula is C17H20F2N4OS. The Morgan fingerprint density at radius 2 is 1.96 bits per heavy atom. The van der Waals surface area contributed by atoms with Gasteiger partial charge in [-0.1, -0.05) is 30.6 Å². The number of nitrogens with zero attached hydrogens (tertiary/aromatic N) is 2. The van der Waals surface area contributed by atoms with Gasteiger partial charge in [0, 0.05) is 17.7 Å². The van der Waals surface area contributed by atoms with E-state index < -0.39 is 17.7 Å². The Balaban J connectivity index is 1.57. The Bertz CT molecular complexity index is 746. The predicted molar refractivity (Wildman–Crippen MR) is 93.8 cm³/mol. The predicted octanol–water partition coefficient (Wildman–Crippen LogP) is 4.30. The van der Waals surface area contributed by atoms with Gasteiger partial charge in [-0.2, -0.15) is 0 Å². The van der Waals surface area contributed by atoms with Gasteiger partial charge in [0.25, 0.3) is 0 Å². The number of anilines is 2. The van der Waals surface area contributed by atoms with Gasteiger partial charge in [-0.15, -0.1) is 10.2 Å². The van der Waals surface area contributed by atoms with Crippen LogP contribution >= 0.6 is 11.3 Å². The second-order valence-corrected chi connectivity index (χ2v) is 7.27. The highest BCUT2D eigenvalue weighted by atomic mass is 32.1. The van der Waals surface area contributed by atoms with Crippen molar-refractivity contribution in [1.82, 2.24) is 10.2 Å². The second-order valence-electron chi connectivity index (χ2n) is 6.26. The lowest BCUT2D eigenvalue weighted by atomic mass is 9.90. The molecule has 1 aromatic heterocycles. The molecule has 1 fully saturated rings. The summed E-state index contributed by atoms with van der Waals surface area (Å²) in [5.41, 5.74) is 0.335. The van der Waals surface area contributed by atoms with E-state index >= 15 is 0 Å². The third-order valence-corrected chi connectivity index (χ3v) is 5.32. The van der Waals surface area contributed by atoms with Gasteiger partial charge in [0.15, 0.2) is 11.6 Å². The highest BCUT2D eigenvalue weighted by molar-refractivity contribution is 7.15. The maximum absolute atomic E-state index is 13.2. The first kappa shape index (κ1) is 17.7. The average Bonchev–Trinajstić information content (AvgIpc) is 3.07. The zero-order chi connectivity index (χ0) is 17.8. The van der Waals surface area contributed by atoms with Crippen LogP contribution in [-0.2, 0) is 4.79 Å². The fourth-order valence-corrected chi connectivity index (χ4v) is 3.83. The molecule has 1 heterocycles. The van der Waals surface area contributed by atoms with Crippen molar-refractivity contribution in [1.29, 1.82) is 0 Å². The monoisotopic (exact) mass is 366 g/mol. The normalized spacial score (nSPS) is 16.4. The van der Waals surface area contributed by atoms with Crippen molar-refractivity contribution in [2.75, 3.05) is 10.6 Å². The van der Waals surface area contributed by atoms with Crippen molar-refractivity contribution in [3.05, 3.63) is 34.8 Å². The quantitative estimate of drug-likeness (QED) is 0.828. The highest BCUT2D eigenvalue weighted by Gasteiger charge is 2.21. The standard InChI is InChI=1S/C17H20F2N4OS/c1-10(20-12-7-8-13(18)14(19)9-12)15(24)21-17-23-22-16(25-17)11-5-3-2-4-6-11/h7-11,20H,2-6H2,1H3,(H,21,23,24)/t10-/m0/s1. The van der Waals surface area contributed by atoms with Gasteiger partial charge in [-0.3, -0.25) is 10.1 Å². The molecule has 5 nitrogen and oxygen atoms in total. The molecule has 1 atom stereocenters. The van der Waals surface area contributed by atoms with Gasteiger partial charge in [-0.05, 0) is 31.9 Å². The fourth-order valence-electron chi connectivity index (χ4n) is 2.91. The fraction of sp³-hybridized carbons (Fsp3) is 0.471. The first-order chi connectivity index (χ1) is 12.0. The molecule has 1 amide bonds. The van der Waals surface area contributed by atoms with Gasteiger partial charge < -0.3 is 5.32 Å². The maximum Gasteiger partial charge on any atom is 0.248 e. The van der Waals surface area contributed by atoms with Crippen LogP contribution in [0.3, 0.4) is 0 Å². The Morgan fingerprint density at radius 3 is 2.68 bits per heavy atom. The summed E-state index contributed by atoms with van der Waals surface area (Å²) in [7, 11) is 0. The molecule has 0 saturated heterocycles. The van der Waals surface area contributed by atoms with Crippen molar-refractivity contribution in [2.45, 2.75) is 51.0 Å². The van der Waals surface area contributed by atoms with Crippen molar-refractivity contribution in [2.24, 2.45) is 0 Å². The molecule has 2 N–H and O–H groups in total. The van der Waals surface area contributed by atoms with Gasteiger partial charge in [-0.25, -0.2) is 8.78 Å². The van der Waals surface area contributed by atoms with E-state index in [1.54, 1.807) is 6.92 Å². The number of aromatic nitrogens is 2. The van der Waals surface area contributed by atoms with E-state index in [1.165, 1.54) is 36.7 Å². The molecule has 3 rings (SSSR count). The Labute approximate surface area is 148 Å². The second kappa shape index (κ2) is 7.86. The van der Waals surface area contributed by atoms with Crippen molar-refractivity contribution >= 4 is 28.1 Å². The van der Waals surface area contributed by atoms with E-state index in [1.807, 2.05) is 0 Å². The summed E-state index contributed by atoms with van der Waals surface area (Å²) in [6.45, 7) is 1.64. The van der Waals surface area contributed by atoms with E-state index in [9.17, 15) is 13.6 Å².